The van der Waals surface area contributed by atoms with Crippen LogP contribution in [0, 0.1) is 0 Å². The molecule has 4 atom stereocenters. The van der Waals surface area contributed by atoms with Gasteiger partial charge in [-0.05, 0) is 6.42 Å². The molecule has 0 unspecified atom stereocenters. The predicted octanol–water partition coefficient (Wildman–Crippen LogP) is -1.27. The van der Waals surface area contributed by atoms with Gasteiger partial charge in [0.05, 0.1) is 11.9 Å². The lowest BCUT2D eigenvalue weighted by molar-refractivity contribution is -0.0319. The van der Waals surface area contributed by atoms with Gasteiger partial charge in [0.15, 0.2) is 27.7 Å². The van der Waals surface area contributed by atoms with Crippen LogP contribution in [0.15, 0.2) is 21.9 Å². The number of alkyl halides is 1. The fourth-order valence-corrected chi connectivity index (χ4v) is 5.83. The molecule has 0 spiro atoms. The largest absolute Gasteiger partial charge is 0.376 e. The lowest BCUT2D eigenvalue weighted by atomic mass is 10.1. The van der Waals surface area contributed by atoms with E-state index < -0.39 is 64.5 Å². The number of H-pyrrole nitrogens is 1. The van der Waals surface area contributed by atoms with Gasteiger partial charge in [0, 0.05) is 19.4 Å². The van der Waals surface area contributed by atoms with Crippen molar-refractivity contribution in [3.63, 3.8) is 0 Å². The average Bonchev–Trinajstić information content (AvgIpc) is 2.79. The topological polar surface area (TPSA) is 165 Å². The van der Waals surface area contributed by atoms with Crippen LogP contribution >= 0.6 is 7.60 Å². The number of methoxy groups -OCH3 is 1. The number of nitrogens with zero attached hydrogens (tertiary/aromatic N) is 1. The van der Waals surface area contributed by atoms with Crippen LogP contribution < -0.4 is 11.2 Å². The smallest absolute Gasteiger partial charge is 0.340 e. The van der Waals surface area contributed by atoms with Gasteiger partial charge >= 0.3 is 13.3 Å². The van der Waals surface area contributed by atoms with Crippen molar-refractivity contribution in [1.82, 2.24) is 9.55 Å². The average molecular weight is 416 g/mol. The van der Waals surface area contributed by atoms with Gasteiger partial charge in [-0.3, -0.25) is 18.9 Å². The molecule has 26 heavy (non-hydrogen) atoms. The molecule has 11 nitrogen and oxygen atoms in total. The van der Waals surface area contributed by atoms with Crippen molar-refractivity contribution >= 4 is 17.4 Å². The van der Waals surface area contributed by atoms with Crippen LogP contribution in [-0.4, -0.2) is 64.5 Å². The Labute approximate surface area is 146 Å². The molecule has 3 N–H and O–H groups in total. The molecule has 14 heteroatoms. The Kier molecular flexibility index (Phi) is 6.20. The number of rotatable bonds is 7. The molecule has 1 aromatic rings. The van der Waals surface area contributed by atoms with Crippen LogP contribution in [0.4, 0.5) is 4.39 Å². The Balaban J connectivity index is 2.16. The number of halogens is 1. The van der Waals surface area contributed by atoms with Gasteiger partial charge < -0.3 is 19.3 Å². The minimum absolute atomic E-state index is 0.296. The molecule has 0 aromatic carbocycles. The zero-order valence-corrected chi connectivity index (χ0v) is 15.2. The minimum atomic E-state index is -4.77. The van der Waals surface area contributed by atoms with E-state index in [4.69, 9.17) is 19.3 Å². The maximum atomic E-state index is 14.6. The van der Waals surface area contributed by atoms with E-state index in [9.17, 15) is 27.0 Å². The van der Waals surface area contributed by atoms with Crippen molar-refractivity contribution in [2.24, 2.45) is 0 Å². The zero-order valence-electron chi connectivity index (χ0n) is 13.5. The summed E-state index contributed by atoms with van der Waals surface area (Å²) in [6.45, 7) is 0. The molecule has 2 rings (SSSR count). The first kappa shape index (κ1) is 20.9. The normalized spacial score (nSPS) is 26.9. The summed E-state index contributed by atoms with van der Waals surface area (Å²) in [6.07, 6.45) is -4.82. The molecule has 0 amide bonds. The lowest BCUT2D eigenvalue weighted by Crippen LogP contribution is -2.36. The second-order valence-electron chi connectivity index (χ2n) is 5.76. The van der Waals surface area contributed by atoms with Gasteiger partial charge in [-0.25, -0.2) is 17.6 Å². The van der Waals surface area contributed by atoms with E-state index in [-0.39, 0.29) is 6.42 Å². The summed E-state index contributed by atoms with van der Waals surface area (Å²) in [4.78, 5) is 42.4. The van der Waals surface area contributed by atoms with Crippen LogP contribution in [0.2, 0.25) is 0 Å². The summed E-state index contributed by atoms with van der Waals surface area (Å²) in [5.41, 5.74) is -2.91. The van der Waals surface area contributed by atoms with Crippen LogP contribution in [0.25, 0.3) is 0 Å². The van der Waals surface area contributed by atoms with Crippen molar-refractivity contribution in [1.29, 1.82) is 0 Å². The third-order valence-corrected chi connectivity index (χ3v) is 7.52. The van der Waals surface area contributed by atoms with Crippen molar-refractivity contribution in [2.75, 3.05) is 18.4 Å². The fourth-order valence-electron chi connectivity index (χ4n) is 2.68. The molecule has 2 heterocycles. The number of ether oxygens (including phenoxy) is 2. The summed E-state index contributed by atoms with van der Waals surface area (Å²) in [7, 11) is -7.70. The van der Waals surface area contributed by atoms with E-state index in [1.807, 2.05) is 4.98 Å². The van der Waals surface area contributed by atoms with Crippen LogP contribution in [-0.2, 0) is 23.9 Å². The highest BCUT2D eigenvalue weighted by Gasteiger charge is 2.47. The molecule has 1 saturated heterocycles. The number of hydrogen-bond donors (Lipinski definition) is 3. The maximum absolute atomic E-state index is 14.6. The van der Waals surface area contributed by atoms with Gasteiger partial charge in [0.2, 0.25) is 0 Å². The molecule has 148 valence electrons. The highest BCUT2D eigenvalue weighted by molar-refractivity contribution is 7.97. The van der Waals surface area contributed by atoms with Gasteiger partial charge in [-0.1, -0.05) is 0 Å². The van der Waals surface area contributed by atoms with E-state index in [0.717, 1.165) is 16.8 Å². The molecule has 0 bridgehead atoms. The summed E-state index contributed by atoms with van der Waals surface area (Å²) in [5, 5.41) is 0. The summed E-state index contributed by atoms with van der Waals surface area (Å²) < 4.78 is 60.1. The molecule has 0 aliphatic carbocycles. The van der Waals surface area contributed by atoms with Gasteiger partial charge in [0.25, 0.3) is 5.56 Å². The Morgan fingerprint density at radius 1 is 1.42 bits per heavy atom. The molecule has 1 fully saturated rings. The number of aromatic nitrogens is 2. The van der Waals surface area contributed by atoms with Crippen molar-refractivity contribution in [2.45, 2.75) is 31.0 Å². The first-order valence-corrected chi connectivity index (χ1v) is 10.9. The summed E-state index contributed by atoms with van der Waals surface area (Å²) in [5.74, 6) is -0.664. The van der Waals surface area contributed by atoms with E-state index in [1.165, 1.54) is 7.11 Å². The quantitative estimate of drug-likeness (QED) is 0.459. The number of aromatic amines is 1. The van der Waals surface area contributed by atoms with Crippen molar-refractivity contribution < 1.29 is 36.6 Å². The van der Waals surface area contributed by atoms with Crippen molar-refractivity contribution in [3.05, 3.63) is 33.1 Å². The third-order valence-electron chi connectivity index (χ3n) is 3.74. The highest BCUT2D eigenvalue weighted by atomic mass is 32.2. The number of nitrogens with one attached hydrogen (secondary N) is 1. The third kappa shape index (κ3) is 5.09. The zero-order chi connectivity index (χ0) is 19.7. The number of sulfone groups is 1. The van der Waals surface area contributed by atoms with E-state index in [0.29, 0.717) is 0 Å². The van der Waals surface area contributed by atoms with Gasteiger partial charge in [-0.2, -0.15) is 0 Å². The molecular formula is C12H18FN2O9PS. The molecule has 1 aliphatic heterocycles. The Bertz CT molecular complexity index is 908. The molecule has 1 aliphatic rings. The van der Waals surface area contributed by atoms with Crippen molar-refractivity contribution in [3.8, 4) is 0 Å². The summed E-state index contributed by atoms with van der Waals surface area (Å²) >= 11 is 0. The fraction of sp³-hybridized carbons (Fsp3) is 0.667. The first-order valence-electron chi connectivity index (χ1n) is 7.32. The Hall–Kier alpha value is -1.37. The second-order valence-corrected chi connectivity index (χ2v) is 10.0. The van der Waals surface area contributed by atoms with Gasteiger partial charge in [-0.15, -0.1) is 0 Å². The monoisotopic (exact) mass is 416 g/mol. The predicted molar refractivity (Wildman–Crippen MR) is 86.2 cm³/mol. The SMILES string of the molecule is CO[C@H]1[C@@H](F)[C@H](n2ccc(=O)[nH]c2=O)O[C@@H]1CCS(=O)(=O)CP(=O)(O)O. The molecule has 1 aromatic heterocycles. The Morgan fingerprint density at radius 2 is 2.08 bits per heavy atom. The minimum Gasteiger partial charge on any atom is -0.376 e. The van der Waals surface area contributed by atoms with E-state index in [2.05, 4.69) is 0 Å². The van der Waals surface area contributed by atoms with E-state index in [1.54, 1.807) is 0 Å². The number of hydrogen-bond acceptors (Lipinski definition) is 7. The van der Waals surface area contributed by atoms with Crippen LogP contribution in [0.3, 0.4) is 0 Å². The van der Waals surface area contributed by atoms with Crippen LogP contribution in [0.1, 0.15) is 12.6 Å². The molecule has 0 saturated carbocycles. The highest BCUT2D eigenvalue weighted by Crippen LogP contribution is 2.38. The second kappa shape index (κ2) is 7.71. The Morgan fingerprint density at radius 3 is 2.62 bits per heavy atom. The lowest BCUT2D eigenvalue weighted by Gasteiger charge is -2.17. The van der Waals surface area contributed by atoms with Crippen LogP contribution in [0.5, 0.6) is 0 Å². The maximum Gasteiger partial charge on any atom is 0.340 e. The molecule has 0 radical (unpaired) electrons. The van der Waals surface area contributed by atoms with E-state index >= 15 is 0 Å². The standard InChI is InChI=1S/C12H18FN2O9PS/c1-23-10-7(3-5-26(21,22)6-25(18,19)20)24-11(9(10)13)15-4-2-8(16)14-12(15)17/h2,4,7,9-11H,3,5-6H2,1H3,(H,14,16,17)(H2,18,19,20)/t7-,9-,10-,11-/m1/s1. The molecular weight excluding hydrogens is 398 g/mol. The van der Waals surface area contributed by atoms with Gasteiger partial charge in [0.1, 0.15) is 6.10 Å². The summed E-state index contributed by atoms with van der Waals surface area (Å²) in [6, 6.07) is 0.997. The first-order chi connectivity index (χ1) is 11.9.